The van der Waals surface area contributed by atoms with Crippen LogP contribution in [0.25, 0.3) is 6.08 Å². The van der Waals surface area contributed by atoms with Gasteiger partial charge in [-0.3, -0.25) is 4.79 Å². The van der Waals surface area contributed by atoms with E-state index >= 15 is 0 Å². The Morgan fingerprint density at radius 2 is 1.78 bits per heavy atom. The number of carbonyl (C=O) groups excluding carboxylic acids is 1. The number of halogens is 1. The van der Waals surface area contributed by atoms with Crippen molar-refractivity contribution < 1.29 is 14.7 Å². The maximum atomic E-state index is 12.3. The second kappa shape index (κ2) is 7.11. The molecule has 2 rings (SSSR count). The van der Waals surface area contributed by atoms with Gasteiger partial charge in [0.2, 0.25) is 0 Å². The predicted octanol–water partition coefficient (Wildman–Crippen LogP) is 4.39. The number of aromatic carboxylic acids is 1. The molecule has 0 unspecified atom stereocenters. The molecule has 0 bridgehead atoms. The minimum atomic E-state index is -1.13. The van der Waals surface area contributed by atoms with Gasteiger partial charge in [-0.05, 0) is 43.7 Å². The van der Waals surface area contributed by atoms with E-state index in [9.17, 15) is 9.59 Å². The average molecular weight is 330 g/mol. The predicted molar refractivity (Wildman–Crippen MR) is 91.9 cm³/mol. The third-order valence-electron chi connectivity index (χ3n) is 3.28. The van der Waals surface area contributed by atoms with Crippen molar-refractivity contribution in [2.24, 2.45) is 0 Å². The van der Waals surface area contributed by atoms with E-state index in [1.807, 2.05) is 31.2 Å². The molecule has 5 heteroatoms. The molecule has 0 aliphatic carbocycles. The fraction of sp³-hybridized carbons (Fsp3) is 0.111. The molecular formula is C18H16ClNO3. The van der Waals surface area contributed by atoms with Crippen LogP contribution in [0, 0.1) is 6.92 Å². The first kappa shape index (κ1) is 16.8. The van der Waals surface area contributed by atoms with Crippen molar-refractivity contribution in [1.29, 1.82) is 0 Å². The van der Waals surface area contributed by atoms with Gasteiger partial charge in [-0.25, -0.2) is 4.79 Å². The molecule has 0 saturated heterocycles. The van der Waals surface area contributed by atoms with Gasteiger partial charge in [0.05, 0.1) is 11.3 Å². The van der Waals surface area contributed by atoms with Gasteiger partial charge >= 0.3 is 5.97 Å². The molecular weight excluding hydrogens is 314 g/mol. The number of amides is 1. The van der Waals surface area contributed by atoms with Crippen LogP contribution in [0.5, 0.6) is 0 Å². The SMILES string of the molecule is CC(=Cc1ccc(C)cc1)C(=O)Nc1cc(Cl)ccc1C(=O)O. The molecule has 4 nitrogen and oxygen atoms in total. The second-order valence-corrected chi connectivity index (χ2v) is 5.62. The number of nitrogens with one attached hydrogen (secondary N) is 1. The lowest BCUT2D eigenvalue weighted by Gasteiger charge is -2.09. The van der Waals surface area contributed by atoms with Gasteiger partial charge in [0.25, 0.3) is 5.91 Å². The van der Waals surface area contributed by atoms with E-state index in [-0.39, 0.29) is 17.2 Å². The number of hydrogen-bond donors (Lipinski definition) is 2. The maximum absolute atomic E-state index is 12.3. The Balaban J connectivity index is 2.23. The minimum absolute atomic E-state index is 0.00844. The van der Waals surface area contributed by atoms with Crippen molar-refractivity contribution in [2.75, 3.05) is 5.32 Å². The molecule has 118 valence electrons. The summed E-state index contributed by atoms with van der Waals surface area (Å²) < 4.78 is 0. The van der Waals surface area contributed by atoms with Crippen LogP contribution in [-0.2, 0) is 4.79 Å². The Kier molecular flexibility index (Phi) is 5.19. The highest BCUT2D eigenvalue weighted by molar-refractivity contribution is 6.31. The number of hydrogen-bond acceptors (Lipinski definition) is 2. The molecule has 1 amide bonds. The summed E-state index contributed by atoms with van der Waals surface area (Å²) in [6.07, 6.45) is 1.74. The van der Waals surface area contributed by atoms with E-state index in [0.29, 0.717) is 10.6 Å². The highest BCUT2D eigenvalue weighted by Gasteiger charge is 2.14. The number of carboxylic acids is 1. The first-order valence-corrected chi connectivity index (χ1v) is 7.34. The number of aryl methyl sites for hydroxylation is 1. The van der Waals surface area contributed by atoms with Crippen LogP contribution in [0.2, 0.25) is 5.02 Å². The molecule has 0 atom stereocenters. The van der Waals surface area contributed by atoms with Crippen molar-refractivity contribution in [1.82, 2.24) is 0 Å². The Morgan fingerprint density at radius 3 is 2.39 bits per heavy atom. The van der Waals surface area contributed by atoms with Crippen LogP contribution in [0.4, 0.5) is 5.69 Å². The lowest BCUT2D eigenvalue weighted by molar-refractivity contribution is -0.112. The first-order valence-electron chi connectivity index (χ1n) is 6.96. The average Bonchev–Trinajstić information content (AvgIpc) is 2.49. The van der Waals surface area contributed by atoms with Gasteiger partial charge in [-0.15, -0.1) is 0 Å². The van der Waals surface area contributed by atoms with Gasteiger partial charge in [0.1, 0.15) is 0 Å². The van der Waals surface area contributed by atoms with Crippen molar-refractivity contribution >= 4 is 35.2 Å². The van der Waals surface area contributed by atoms with E-state index in [2.05, 4.69) is 5.32 Å². The molecule has 2 aromatic carbocycles. The summed E-state index contributed by atoms with van der Waals surface area (Å²) in [5.74, 6) is -1.51. The van der Waals surface area contributed by atoms with Crippen LogP contribution in [-0.4, -0.2) is 17.0 Å². The van der Waals surface area contributed by atoms with Crippen LogP contribution < -0.4 is 5.32 Å². The Labute approximate surface area is 139 Å². The summed E-state index contributed by atoms with van der Waals surface area (Å²) in [5.41, 5.74) is 2.66. The van der Waals surface area contributed by atoms with Crippen LogP contribution >= 0.6 is 11.6 Å². The normalized spacial score (nSPS) is 11.2. The van der Waals surface area contributed by atoms with Crippen molar-refractivity contribution in [3.8, 4) is 0 Å². The first-order chi connectivity index (χ1) is 10.9. The molecule has 0 radical (unpaired) electrons. The quantitative estimate of drug-likeness (QED) is 0.817. The molecule has 0 spiro atoms. The maximum Gasteiger partial charge on any atom is 0.337 e. The zero-order valence-corrected chi connectivity index (χ0v) is 13.5. The molecule has 0 saturated carbocycles. The summed E-state index contributed by atoms with van der Waals surface area (Å²) in [5, 5.41) is 12.1. The summed E-state index contributed by atoms with van der Waals surface area (Å²) in [6, 6.07) is 12.0. The van der Waals surface area contributed by atoms with E-state index < -0.39 is 5.97 Å². The second-order valence-electron chi connectivity index (χ2n) is 5.19. The van der Waals surface area contributed by atoms with Gasteiger partial charge < -0.3 is 10.4 Å². The molecule has 0 aliphatic heterocycles. The zero-order chi connectivity index (χ0) is 17.0. The molecule has 0 heterocycles. The van der Waals surface area contributed by atoms with Crippen molar-refractivity contribution in [2.45, 2.75) is 13.8 Å². The number of anilines is 1. The standard InChI is InChI=1S/C18H16ClNO3/c1-11-3-5-13(6-4-11)9-12(2)17(21)20-16-10-14(19)7-8-15(16)18(22)23/h3-10H,1-2H3,(H,20,21)(H,22,23). The summed E-state index contributed by atoms with van der Waals surface area (Å²) >= 11 is 5.87. The lowest BCUT2D eigenvalue weighted by Crippen LogP contribution is -2.15. The zero-order valence-electron chi connectivity index (χ0n) is 12.8. The largest absolute Gasteiger partial charge is 0.478 e. The highest BCUT2D eigenvalue weighted by Crippen LogP contribution is 2.22. The third-order valence-corrected chi connectivity index (χ3v) is 3.51. The molecule has 0 aliphatic rings. The number of carboxylic acid groups (broad SMARTS) is 1. The summed E-state index contributed by atoms with van der Waals surface area (Å²) in [6.45, 7) is 3.65. The van der Waals surface area contributed by atoms with Gasteiger partial charge in [-0.2, -0.15) is 0 Å². The minimum Gasteiger partial charge on any atom is -0.478 e. The number of carbonyl (C=O) groups is 2. The fourth-order valence-corrected chi connectivity index (χ4v) is 2.18. The van der Waals surface area contributed by atoms with Crippen LogP contribution in [0.3, 0.4) is 0 Å². The molecule has 23 heavy (non-hydrogen) atoms. The van der Waals surface area contributed by atoms with Gasteiger partial charge in [-0.1, -0.05) is 41.4 Å². The smallest absolute Gasteiger partial charge is 0.337 e. The lowest BCUT2D eigenvalue weighted by atomic mass is 10.1. The van der Waals surface area contributed by atoms with E-state index in [1.165, 1.54) is 18.2 Å². The monoisotopic (exact) mass is 329 g/mol. The molecule has 2 N–H and O–H groups in total. The fourth-order valence-electron chi connectivity index (χ4n) is 2.01. The highest BCUT2D eigenvalue weighted by atomic mass is 35.5. The third kappa shape index (κ3) is 4.44. The van der Waals surface area contributed by atoms with E-state index in [0.717, 1.165) is 11.1 Å². The van der Waals surface area contributed by atoms with Crippen molar-refractivity contribution in [3.63, 3.8) is 0 Å². The number of rotatable bonds is 4. The topological polar surface area (TPSA) is 66.4 Å². The van der Waals surface area contributed by atoms with Gasteiger partial charge in [0, 0.05) is 10.6 Å². The van der Waals surface area contributed by atoms with Gasteiger partial charge in [0.15, 0.2) is 0 Å². The summed E-state index contributed by atoms with van der Waals surface area (Å²) in [7, 11) is 0. The van der Waals surface area contributed by atoms with Crippen LogP contribution in [0.1, 0.15) is 28.4 Å². The Hall–Kier alpha value is -2.59. The molecule has 2 aromatic rings. The number of benzene rings is 2. The molecule has 0 fully saturated rings. The van der Waals surface area contributed by atoms with E-state index in [4.69, 9.17) is 16.7 Å². The van der Waals surface area contributed by atoms with Crippen LogP contribution in [0.15, 0.2) is 48.0 Å². The van der Waals surface area contributed by atoms with E-state index in [1.54, 1.807) is 13.0 Å². The summed E-state index contributed by atoms with van der Waals surface area (Å²) in [4.78, 5) is 23.5. The molecule has 0 aromatic heterocycles. The van der Waals surface area contributed by atoms with Crippen molar-refractivity contribution in [3.05, 3.63) is 69.8 Å². The Bertz CT molecular complexity index is 779. The Morgan fingerprint density at radius 1 is 1.13 bits per heavy atom.